The van der Waals surface area contributed by atoms with E-state index in [9.17, 15) is 9.59 Å². The summed E-state index contributed by atoms with van der Waals surface area (Å²) < 4.78 is 11.3. The van der Waals surface area contributed by atoms with Gasteiger partial charge in [0, 0.05) is 44.8 Å². The van der Waals surface area contributed by atoms with Gasteiger partial charge in [0.1, 0.15) is 0 Å². The number of carbonyl (C=O) groups is 2. The van der Waals surface area contributed by atoms with Gasteiger partial charge in [-0.05, 0) is 0 Å². The van der Waals surface area contributed by atoms with Crippen molar-refractivity contribution in [2.24, 2.45) is 0 Å². The predicted molar refractivity (Wildman–Crippen MR) is 163 cm³/mol. The minimum absolute atomic E-state index is 0. The zero-order valence-electron chi connectivity index (χ0n) is 22.5. The van der Waals surface area contributed by atoms with E-state index < -0.39 is 13.7 Å². The molecular weight excluding hydrogens is 904 g/mol. The van der Waals surface area contributed by atoms with Crippen molar-refractivity contribution in [2.75, 3.05) is 0 Å². The molecular formula is C32H34Au2O4P2-4. The fraction of sp³-hybridized carbons (Fsp3) is 0.0625. The van der Waals surface area contributed by atoms with Crippen LogP contribution >= 0.6 is 13.7 Å². The topological polar surface area (TPSA) is 52.6 Å². The molecule has 4 aromatic carbocycles. The number of rotatable bonds is 6. The van der Waals surface area contributed by atoms with E-state index in [1.165, 1.54) is 13.8 Å². The second-order valence-corrected chi connectivity index (χ2v) is 17.4. The summed E-state index contributed by atoms with van der Waals surface area (Å²) in [5.74, 6) is -0.731. The van der Waals surface area contributed by atoms with Crippen molar-refractivity contribution in [3.8, 4) is 0 Å². The van der Waals surface area contributed by atoms with Gasteiger partial charge in [-0.25, -0.2) is 0 Å². The van der Waals surface area contributed by atoms with Crippen molar-refractivity contribution >= 4 is 46.8 Å². The first-order valence-electron chi connectivity index (χ1n) is 12.0. The molecule has 0 aliphatic rings. The predicted octanol–water partition coefficient (Wildman–Crippen LogP) is 6.50. The SMILES string of the molecule is [Au].[Au].[CH2-]P([CH2-])(OC(C)=O)(c1ccccc1)c1ccccc1.[CH2-]P([CH2-])(OC(C)=O)(c1ccccc1)c1ccccc1. The molecule has 0 unspecified atom stereocenters. The average molecular weight is 939 g/mol. The molecule has 0 bridgehead atoms. The fourth-order valence-electron chi connectivity index (χ4n) is 4.23. The molecule has 4 aromatic rings. The van der Waals surface area contributed by atoms with Crippen molar-refractivity contribution in [2.45, 2.75) is 13.8 Å². The third-order valence-corrected chi connectivity index (χ3v) is 13.5. The Morgan fingerprint density at radius 1 is 0.450 bits per heavy atom. The Morgan fingerprint density at radius 2 is 0.625 bits per heavy atom. The summed E-state index contributed by atoms with van der Waals surface area (Å²) in [7, 11) is 0. The Labute approximate surface area is 270 Å². The Morgan fingerprint density at radius 3 is 0.775 bits per heavy atom. The molecule has 0 saturated heterocycles. The molecule has 0 fully saturated rings. The Kier molecular flexibility index (Phi) is 13.0. The van der Waals surface area contributed by atoms with E-state index in [1.54, 1.807) is 0 Å². The second kappa shape index (κ2) is 14.4. The van der Waals surface area contributed by atoms with Gasteiger partial charge < -0.3 is 0 Å². The summed E-state index contributed by atoms with van der Waals surface area (Å²) in [6.45, 7) is 13.0. The van der Waals surface area contributed by atoms with Crippen LogP contribution in [0.25, 0.3) is 0 Å². The third-order valence-electron chi connectivity index (χ3n) is 6.12. The van der Waals surface area contributed by atoms with E-state index in [4.69, 9.17) is 9.05 Å². The van der Waals surface area contributed by atoms with Crippen LogP contribution < -0.4 is 21.2 Å². The van der Waals surface area contributed by atoms with Gasteiger partial charge in [0.25, 0.3) is 0 Å². The molecule has 0 N–H and O–H groups in total. The molecule has 0 aromatic heterocycles. The monoisotopic (exact) mass is 938 g/mol. The van der Waals surface area contributed by atoms with Crippen LogP contribution in [0.1, 0.15) is 13.8 Å². The summed E-state index contributed by atoms with van der Waals surface area (Å²) >= 11 is 0. The van der Waals surface area contributed by atoms with Crippen molar-refractivity contribution in [1.82, 2.24) is 0 Å². The Hall–Kier alpha value is -1.84. The first-order valence-corrected chi connectivity index (χ1v) is 17.0. The Balaban J connectivity index is 0.000000381. The molecule has 4 rings (SSSR count). The van der Waals surface area contributed by atoms with E-state index in [-0.39, 0.29) is 56.7 Å². The molecule has 0 aliphatic carbocycles. The molecule has 2 radical (unpaired) electrons. The van der Waals surface area contributed by atoms with Gasteiger partial charge in [0.05, 0.1) is 0 Å². The van der Waals surface area contributed by atoms with Crippen LogP contribution in [0.3, 0.4) is 0 Å². The average Bonchev–Trinajstić information content (AvgIpc) is 2.90. The first-order chi connectivity index (χ1) is 17.8. The van der Waals surface area contributed by atoms with Crippen LogP contribution in [0, 0.1) is 26.7 Å². The van der Waals surface area contributed by atoms with E-state index >= 15 is 0 Å². The fourth-order valence-corrected chi connectivity index (χ4v) is 9.94. The summed E-state index contributed by atoms with van der Waals surface area (Å²) in [4.78, 5) is 23.1. The summed E-state index contributed by atoms with van der Waals surface area (Å²) in [6, 6.07) is 38.2. The molecule has 0 atom stereocenters. The molecule has 222 valence electrons. The summed E-state index contributed by atoms with van der Waals surface area (Å²) in [5.41, 5.74) is 0. The van der Waals surface area contributed by atoms with Crippen LogP contribution in [0.15, 0.2) is 121 Å². The molecule has 40 heavy (non-hydrogen) atoms. The minimum atomic E-state index is -3.40. The van der Waals surface area contributed by atoms with E-state index in [2.05, 4.69) is 26.7 Å². The van der Waals surface area contributed by atoms with E-state index in [1.807, 2.05) is 121 Å². The van der Waals surface area contributed by atoms with Gasteiger partial charge in [-0.2, -0.15) is 0 Å². The zero-order valence-corrected chi connectivity index (χ0v) is 28.6. The van der Waals surface area contributed by atoms with Crippen molar-refractivity contribution < 1.29 is 63.4 Å². The number of hydrogen-bond acceptors (Lipinski definition) is 4. The van der Waals surface area contributed by atoms with Gasteiger partial charge >= 0.3 is 227 Å². The first kappa shape index (κ1) is 36.2. The Bertz CT molecular complexity index is 1190. The normalized spacial score (nSPS) is 12.7. The van der Waals surface area contributed by atoms with Crippen LogP contribution in [0.4, 0.5) is 0 Å². The standard InChI is InChI=1S/2C16H17O2P.2Au/c2*1-14(17)18-19(2,3,15-10-6-4-7-11-15)16-12-8-5-9-13-16;;/h2*4-13H,2-3H2,1H3;;/q2*-2;;. The quantitative estimate of drug-likeness (QED) is 0.126. The molecule has 0 saturated carbocycles. The van der Waals surface area contributed by atoms with Gasteiger partial charge in [0.2, 0.25) is 0 Å². The van der Waals surface area contributed by atoms with E-state index in [0.717, 1.165) is 21.2 Å². The number of carbonyl (C=O) groups excluding carboxylic acids is 2. The molecule has 0 spiro atoms. The van der Waals surface area contributed by atoms with Crippen molar-refractivity contribution in [1.29, 1.82) is 0 Å². The van der Waals surface area contributed by atoms with Crippen LogP contribution in [-0.2, 0) is 63.4 Å². The van der Waals surface area contributed by atoms with Gasteiger partial charge in [-0.3, -0.25) is 0 Å². The van der Waals surface area contributed by atoms with Crippen LogP contribution in [-0.4, -0.2) is 11.9 Å². The van der Waals surface area contributed by atoms with Crippen LogP contribution in [0.5, 0.6) is 0 Å². The number of benzene rings is 4. The maximum atomic E-state index is 11.5. The van der Waals surface area contributed by atoms with Crippen molar-refractivity contribution in [3.05, 3.63) is 148 Å². The van der Waals surface area contributed by atoms with Crippen LogP contribution in [0.2, 0.25) is 0 Å². The van der Waals surface area contributed by atoms with Gasteiger partial charge in [-0.15, -0.1) is 0 Å². The van der Waals surface area contributed by atoms with Gasteiger partial charge in [-0.1, -0.05) is 0 Å². The number of hydrogen-bond donors (Lipinski definition) is 0. The molecule has 0 heterocycles. The molecule has 8 heteroatoms. The van der Waals surface area contributed by atoms with Gasteiger partial charge in [0.15, 0.2) is 0 Å². The second-order valence-electron chi connectivity index (χ2n) is 9.33. The molecule has 0 amide bonds. The third kappa shape index (κ3) is 8.13. The molecule has 0 aliphatic heterocycles. The van der Waals surface area contributed by atoms with E-state index in [0.29, 0.717) is 0 Å². The summed E-state index contributed by atoms with van der Waals surface area (Å²) in [5, 5.41) is 3.43. The summed E-state index contributed by atoms with van der Waals surface area (Å²) in [6.07, 6.45) is 0. The zero-order chi connectivity index (χ0) is 27.9. The maximum absolute atomic E-state index is 11.5. The van der Waals surface area contributed by atoms with Crippen molar-refractivity contribution in [3.63, 3.8) is 0 Å². The molecule has 4 nitrogen and oxygen atoms in total.